The summed E-state index contributed by atoms with van der Waals surface area (Å²) in [5.74, 6) is -3.71. The molecular formula is C28H31Cl2N5O12S. The molecule has 2 aromatic rings. The molecule has 0 heterocycles. The van der Waals surface area contributed by atoms with E-state index in [4.69, 9.17) is 37.4 Å². The highest BCUT2D eigenvalue weighted by molar-refractivity contribution is 7.99. The summed E-state index contributed by atoms with van der Waals surface area (Å²) in [7, 11) is 0. The number of alkyl carbamates (subject to hydrolysis) is 1. The lowest BCUT2D eigenvalue weighted by atomic mass is 10.1. The van der Waals surface area contributed by atoms with Gasteiger partial charge in [-0.15, -0.1) is 35.0 Å². The molecule has 0 unspecified atom stereocenters. The number of carbonyl (C=O) groups is 5. The van der Waals surface area contributed by atoms with Gasteiger partial charge in [-0.25, -0.2) is 9.59 Å². The van der Waals surface area contributed by atoms with Gasteiger partial charge in [0.05, 0.1) is 32.6 Å². The van der Waals surface area contributed by atoms with Crippen molar-refractivity contribution in [2.24, 2.45) is 0 Å². The summed E-state index contributed by atoms with van der Waals surface area (Å²) in [4.78, 5) is 83.8. The van der Waals surface area contributed by atoms with Crippen molar-refractivity contribution in [1.29, 1.82) is 0 Å². The van der Waals surface area contributed by atoms with Crippen LogP contribution in [0.5, 0.6) is 0 Å². The van der Waals surface area contributed by atoms with E-state index in [1.165, 1.54) is 0 Å². The number of hydrogen-bond acceptors (Lipinski definition) is 13. The number of carbonyl (C=O) groups excluding carboxylic acids is 5. The minimum absolute atomic E-state index is 0.0169. The Morgan fingerprint density at radius 1 is 0.854 bits per heavy atom. The Bertz CT molecular complexity index is 1450. The minimum atomic E-state index is -1.40. The number of nitrogens with one attached hydrogen (secondary N) is 3. The van der Waals surface area contributed by atoms with Crippen molar-refractivity contribution >= 4 is 76.2 Å². The third-order valence-electron chi connectivity index (χ3n) is 5.93. The number of amides is 3. The number of ether oxygens (including phenoxy) is 3. The van der Waals surface area contributed by atoms with E-state index in [0.29, 0.717) is 5.56 Å². The molecule has 0 aliphatic carbocycles. The normalized spacial score (nSPS) is 11.7. The number of halogens is 2. The smallest absolute Gasteiger partial charge is 0.408 e. The molecule has 260 valence electrons. The van der Waals surface area contributed by atoms with Crippen molar-refractivity contribution in [2.75, 3.05) is 37.3 Å². The summed E-state index contributed by atoms with van der Waals surface area (Å²) in [6.07, 6.45) is -1.69. The van der Waals surface area contributed by atoms with Crippen molar-refractivity contribution in [3.63, 3.8) is 0 Å². The van der Waals surface area contributed by atoms with E-state index >= 15 is 0 Å². The molecule has 0 fully saturated rings. The monoisotopic (exact) mass is 731 g/mol. The summed E-state index contributed by atoms with van der Waals surface area (Å²) < 4.78 is 14.9. The predicted molar refractivity (Wildman–Crippen MR) is 172 cm³/mol. The SMILES string of the molecule is O=C(CC[C@H](NC(=O)OCc1ccccc1)C(=O)OCCCl)N[C@@H](CSc1ccc([N+](=O)[O-])cc1[N+](=O)[O-])C(=O)NCC(=O)OCCCl. The summed E-state index contributed by atoms with van der Waals surface area (Å²) in [5, 5.41) is 29.7. The van der Waals surface area contributed by atoms with Crippen LogP contribution in [0.3, 0.4) is 0 Å². The van der Waals surface area contributed by atoms with Gasteiger partial charge in [-0.05, 0) is 18.1 Å². The third kappa shape index (κ3) is 14.4. The number of esters is 2. The number of non-ortho nitro benzene ring substituents is 1. The highest BCUT2D eigenvalue weighted by atomic mass is 35.5. The number of benzene rings is 2. The average Bonchev–Trinajstić information content (AvgIpc) is 3.07. The zero-order valence-electron chi connectivity index (χ0n) is 25.1. The van der Waals surface area contributed by atoms with Gasteiger partial charge in [0.1, 0.15) is 38.4 Å². The third-order valence-corrected chi connectivity index (χ3v) is 7.39. The maximum absolute atomic E-state index is 13.0. The van der Waals surface area contributed by atoms with E-state index in [2.05, 4.69) is 16.0 Å². The molecule has 20 heteroatoms. The van der Waals surface area contributed by atoms with Crippen LogP contribution in [0, 0.1) is 20.2 Å². The van der Waals surface area contributed by atoms with Crippen molar-refractivity contribution in [1.82, 2.24) is 16.0 Å². The second-order valence-corrected chi connectivity index (χ2v) is 11.2. The molecule has 0 saturated carbocycles. The predicted octanol–water partition coefficient (Wildman–Crippen LogP) is 2.84. The van der Waals surface area contributed by atoms with Gasteiger partial charge >= 0.3 is 18.0 Å². The van der Waals surface area contributed by atoms with Crippen LogP contribution in [-0.2, 0) is 40.0 Å². The van der Waals surface area contributed by atoms with E-state index in [1.807, 2.05) is 0 Å². The maximum Gasteiger partial charge on any atom is 0.408 e. The van der Waals surface area contributed by atoms with Crippen LogP contribution in [0.2, 0.25) is 0 Å². The summed E-state index contributed by atoms with van der Waals surface area (Å²) in [5.41, 5.74) is -0.449. The average molecular weight is 733 g/mol. The van der Waals surface area contributed by atoms with Gasteiger partial charge in [0.2, 0.25) is 11.8 Å². The Morgan fingerprint density at radius 2 is 1.54 bits per heavy atom. The minimum Gasteiger partial charge on any atom is -0.463 e. The molecule has 0 bridgehead atoms. The topological polar surface area (TPSA) is 235 Å². The van der Waals surface area contributed by atoms with Gasteiger partial charge < -0.3 is 30.2 Å². The number of nitrogens with zero attached hydrogens (tertiary/aromatic N) is 2. The number of alkyl halides is 2. The first-order valence-electron chi connectivity index (χ1n) is 14.0. The Morgan fingerprint density at radius 3 is 2.19 bits per heavy atom. The highest BCUT2D eigenvalue weighted by Gasteiger charge is 2.28. The summed E-state index contributed by atoms with van der Waals surface area (Å²) in [6, 6.07) is 8.88. The molecule has 48 heavy (non-hydrogen) atoms. The highest BCUT2D eigenvalue weighted by Crippen LogP contribution is 2.32. The fourth-order valence-electron chi connectivity index (χ4n) is 3.66. The van der Waals surface area contributed by atoms with Crippen LogP contribution in [-0.4, -0.2) is 89.0 Å². The zero-order chi connectivity index (χ0) is 35.5. The second-order valence-electron chi connectivity index (χ2n) is 9.38. The molecule has 3 N–H and O–H groups in total. The van der Waals surface area contributed by atoms with Gasteiger partial charge in [-0.2, -0.15) is 0 Å². The number of thioether (sulfide) groups is 1. The summed E-state index contributed by atoms with van der Waals surface area (Å²) in [6.45, 7) is -0.977. The largest absolute Gasteiger partial charge is 0.463 e. The molecule has 2 rings (SSSR count). The standard InChI is InChI=1S/C28H31Cl2N5O12S/c29-10-12-45-25(37)15-31-26(38)21(17-48-23-8-6-19(34(41)42)14-22(23)35(43)44)32-24(36)9-7-20(27(39)46-13-11-30)33-28(40)47-16-18-4-2-1-3-5-18/h1-6,8,14,20-21H,7,9-13,15-17H2,(H,31,38)(H,32,36)(H,33,40)/t20-,21-/m0/s1. The molecule has 0 aliphatic rings. The van der Waals surface area contributed by atoms with E-state index in [0.717, 1.165) is 30.0 Å². The van der Waals surface area contributed by atoms with E-state index in [-0.39, 0.29) is 48.6 Å². The van der Waals surface area contributed by atoms with Gasteiger partial charge in [-0.3, -0.25) is 34.6 Å². The Kier molecular flexibility index (Phi) is 17.5. The molecule has 0 aliphatic heterocycles. The van der Waals surface area contributed by atoms with Gasteiger partial charge in [-0.1, -0.05) is 30.3 Å². The van der Waals surface area contributed by atoms with E-state index in [1.54, 1.807) is 30.3 Å². The van der Waals surface area contributed by atoms with Crippen molar-refractivity contribution in [3.8, 4) is 0 Å². The molecule has 0 saturated heterocycles. The Hall–Kier alpha value is -4.68. The second kappa shape index (κ2) is 21.2. The van der Waals surface area contributed by atoms with Gasteiger partial charge in [0.15, 0.2) is 0 Å². The number of nitro benzene ring substituents is 2. The van der Waals surface area contributed by atoms with Crippen LogP contribution in [0.4, 0.5) is 16.2 Å². The molecule has 0 radical (unpaired) electrons. The molecule has 0 spiro atoms. The molecule has 3 amide bonds. The van der Waals surface area contributed by atoms with Crippen LogP contribution in [0.25, 0.3) is 0 Å². The number of hydrogen-bond donors (Lipinski definition) is 3. The quantitative estimate of drug-likeness (QED) is 0.0444. The van der Waals surface area contributed by atoms with Gasteiger partial charge in [0.25, 0.3) is 11.4 Å². The molecular weight excluding hydrogens is 701 g/mol. The first-order chi connectivity index (χ1) is 22.9. The lowest BCUT2D eigenvalue weighted by Crippen LogP contribution is -2.50. The molecule has 0 aromatic heterocycles. The lowest BCUT2D eigenvalue weighted by Gasteiger charge is -2.20. The van der Waals surface area contributed by atoms with Crippen LogP contribution in [0.15, 0.2) is 53.4 Å². The van der Waals surface area contributed by atoms with Gasteiger partial charge in [0, 0.05) is 18.2 Å². The lowest BCUT2D eigenvalue weighted by molar-refractivity contribution is -0.396. The van der Waals surface area contributed by atoms with Crippen LogP contribution in [0.1, 0.15) is 18.4 Å². The van der Waals surface area contributed by atoms with Crippen molar-refractivity contribution < 1.29 is 48.0 Å². The van der Waals surface area contributed by atoms with Crippen LogP contribution < -0.4 is 16.0 Å². The fourth-order valence-corrected chi connectivity index (χ4v) is 4.84. The number of rotatable bonds is 20. The fraction of sp³-hybridized carbons (Fsp3) is 0.393. The molecule has 2 aromatic carbocycles. The maximum atomic E-state index is 13.0. The molecule has 2 atom stereocenters. The first kappa shape index (κ1) is 39.5. The van der Waals surface area contributed by atoms with Crippen molar-refractivity contribution in [3.05, 3.63) is 74.3 Å². The Balaban J connectivity index is 2.14. The summed E-state index contributed by atoms with van der Waals surface area (Å²) >= 11 is 11.8. The van der Waals surface area contributed by atoms with E-state index in [9.17, 15) is 44.2 Å². The number of nitro groups is 2. The first-order valence-corrected chi connectivity index (χ1v) is 16.0. The van der Waals surface area contributed by atoms with E-state index < -0.39 is 76.1 Å². The Labute approximate surface area is 287 Å². The van der Waals surface area contributed by atoms with Crippen LogP contribution >= 0.6 is 35.0 Å². The zero-order valence-corrected chi connectivity index (χ0v) is 27.4. The van der Waals surface area contributed by atoms with Crippen molar-refractivity contribution in [2.45, 2.75) is 36.4 Å². The molecule has 17 nitrogen and oxygen atoms in total.